The molecule has 1 aromatic heterocycles. The summed E-state index contributed by atoms with van der Waals surface area (Å²) in [5.74, 6) is 0.153. The van der Waals surface area contributed by atoms with E-state index in [0.29, 0.717) is 29.8 Å². The number of aromatic amines is 1. The maximum atomic E-state index is 12.9. The molecular weight excluding hydrogens is 428 g/mol. The zero-order valence-electron chi connectivity index (χ0n) is 18.3. The van der Waals surface area contributed by atoms with Crippen LogP contribution in [0.15, 0.2) is 51.4 Å². The third-order valence-corrected chi connectivity index (χ3v) is 7.80. The summed E-state index contributed by atoms with van der Waals surface area (Å²) in [6.07, 6.45) is 0.933. The van der Waals surface area contributed by atoms with Gasteiger partial charge in [-0.15, -0.1) is 10.2 Å². The van der Waals surface area contributed by atoms with Crippen LogP contribution in [-0.2, 0) is 9.84 Å². The highest BCUT2D eigenvalue weighted by Crippen LogP contribution is 2.40. The summed E-state index contributed by atoms with van der Waals surface area (Å²) in [6.45, 7) is 5.73. The quantitative estimate of drug-likeness (QED) is 0.564. The molecule has 32 heavy (non-hydrogen) atoms. The minimum absolute atomic E-state index is 0.0248. The molecule has 0 atom stereocenters. The number of H-pyrrole nitrogens is 1. The number of aromatic hydroxyl groups is 1. The molecule has 1 aliphatic rings. The van der Waals surface area contributed by atoms with Crippen LogP contribution >= 0.6 is 0 Å². The number of phenolic OH excluding ortho intramolecular Hbond substituents is 1. The second kappa shape index (κ2) is 8.38. The SMILES string of the molecule is Cc1ccc(-n2[nH]c(C)c(N=Nc3cccc(C4CCS(=O)(=O)CC4)c3O)c2=O)cc1C. The lowest BCUT2D eigenvalue weighted by atomic mass is 9.92. The van der Waals surface area contributed by atoms with Gasteiger partial charge >= 0.3 is 0 Å². The predicted molar refractivity (Wildman–Crippen MR) is 124 cm³/mol. The van der Waals surface area contributed by atoms with Crippen LogP contribution in [0.5, 0.6) is 5.75 Å². The van der Waals surface area contributed by atoms with Crippen LogP contribution in [0.3, 0.4) is 0 Å². The Labute approximate surface area is 186 Å². The van der Waals surface area contributed by atoms with Crippen molar-refractivity contribution < 1.29 is 13.5 Å². The Balaban J connectivity index is 1.64. The number of rotatable bonds is 4. The first-order valence-corrected chi connectivity index (χ1v) is 12.3. The largest absolute Gasteiger partial charge is 0.505 e. The number of phenols is 1. The summed E-state index contributed by atoms with van der Waals surface area (Å²) in [4.78, 5) is 12.9. The van der Waals surface area contributed by atoms with Crippen LogP contribution in [0, 0.1) is 20.8 Å². The summed E-state index contributed by atoms with van der Waals surface area (Å²) >= 11 is 0. The van der Waals surface area contributed by atoms with Crippen LogP contribution in [-0.4, -0.2) is 34.8 Å². The van der Waals surface area contributed by atoms with Gasteiger partial charge in [0.15, 0.2) is 5.69 Å². The van der Waals surface area contributed by atoms with Crippen molar-refractivity contribution in [3.05, 3.63) is 69.1 Å². The van der Waals surface area contributed by atoms with Crippen LogP contribution in [0.1, 0.15) is 41.1 Å². The van der Waals surface area contributed by atoms with E-state index in [0.717, 1.165) is 11.1 Å². The van der Waals surface area contributed by atoms with Crippen molar-refractivity contribution in [3.8, 4) is 11.4 Å². The van der Waals surface area contributed by atoms with Crippen molar-refractivity contribution in [2.75, 3.05) is 11.5 Å². The number of hydrogen-bond donors (Lipinski definition) is 2. The van der Waals surface area contributed by atoms with E-state index < -0.39 is 9.84 Å². The van der Waals surface area contributed by atoms with E-state index in [2.05, 4.69) is 15.3 Å². The smallest absolute Gasteiger partial charge is 0.299 e. The molecule has 168 valence electrons. The molecule has 0 saturated carbocycles. The van der Waals surface area contributed by atoms with E-state index in [1.807, 2.05) is 32.0 Å². The van der Waals surface area contributed by atoms with Crippen LogP contribution < -0.4 is 5.56 Å². The third-order valence-electron chi connectivity index (χ3n) is 6.09. The molecule has 0 aliphatic carbocycles. The van der Waals surface area contributed by atoms with Gasteiger partial charge in [-0.05, 0) is 74.4 Å². The highest BCUT2D eigenvalue weighted by Gasteiger charge is 2.27. The fourth-order valence-electron chi connectivity index (χ4n) is 3.97. The molecule has 0 bridgehead atoms. The predicted octanol–water partition coefficient (Wildman–Crippen LogP) is 4.50. The topological polar surface area (TPSA) is 117 Å². The first kappa shape index (κ1) is 22.0. The summed E-state index contributed by atoms with van der Waals surface area (Å²) in [6, 6.07) is 10.9. The highest BCUT2D eigenvalue weighted by molar-refractivity contribution is 7.91. The van der Waals surface area contributed by atoms with Gasteiger partial charge in [0.05, 0.1) is 22.9 Å². The first-order valence-electron chi connectivity index (χ1n) is 10.5. The number of sulfone groups is 1. The fourth-order valence-corrected chi connectivity index (χ4v) is 5.46. The lowest BCUT2D eigenvalue weighted by molar-refractivity contribution is 0.455. The van der Waals surface area contributed by atoms with Crippen LogP contribution in [0.2, 0.25) is 0 Å². The Kier molecular flexibility index (Phi) is 5.77. The van der Waals surface area contributed by atoms with Gasteiger partial charge in [0, 0.05) is 0 Å². The lowest BCUT2D eigenvalue weighted by Crippen LogP contribution is -2.22. The summed E-state index contributed by atoms with van der Waals surface area (Å²) in [7, 11) is -2.99. The molecule has 8 nitrogen and oxygen atoms in total. The second-order valence-electron chi connectivity index (χ2n) is 8.34. The van der Waals surface area contributed by atoms with Crippen molar-refractivity contribution in [1.82, 2.24) is 9.78 Å². The number of para-hydroxylation sites is 1. The normalized spacial score (nSPS) is 16.6. The zero-order valence-corrected chi connectivity index (χ0v) is 19.1. The van der Waals surface area contributed by atoms with Crippen LogP contribution in [0.25, 0.3) is 5.69 Å². The maximum absolute atomic E-state index is 12.9. The van der Waals surface area contributed by atoms with E-state index in [9.17, 15) is 18.3 Å². The number of benzene rings is 2. The van der Waals surface area contributed by atoms with E-state index in [-0.39, 0.29) is 40.1 Å². The number of aromatic nitrogens is 2. The van der Waals surface area contributed by atoms with Crippen molar-refractivity contribution in [1.29, 1.82) is 0 Å². The van der Waals surface area contributed by atoms with Gasteiger partial charge in [-0.25, -0.2) is 13.1 Å². The van der Waals surface area contributed by atoms with E-state index in [1.165, 1.54) is 4.68 Å². The zero-order chi connectivity index (χ0) is 23.0. The van der Waals surface area contributed by atoms with Gasteiger partial charge in [-0.1, -0.05) is 18.2 Å². The van der Waals surface area contributed by atoms with Gasteiger partial charge in [-0.2, -0.15) is 0 Å². The molecule has 0 unspecified atom stereocenters. The summed E-state index contributed by atoms with van der Waals surface area (Å²) in [5.41, 5.74) is 4.21. The van der Waals surface area contributed by atoms with Crippen molar-refractivity contribution in [2.24, 2.45) is 10.2 Å². The average molecular weight is 455 g/mol. The Hall–Kier alpha value is -3.20. The van der Waals surface area contributed by atoms with Crippen LogP contribution in [0.4, 0.5) is 11.4 Å². The lowest BCUT2D eigenvalue weighted by Gasteiger charge is -2.23. The highest BCUT2D eigenvalue weighted by atomic mass is 32.2. The van der Waals surface area contributed by atoms with Gasteiger partial charge < -0.3 is 5.11 Å². The molecule has 1 aliphatic heterocycles. The van der Waals surface area contributed by atoms with Crippen molar-refractivity contribution >= 4 is 21.2 Å². The molecule has 1 fully saturated rings. The molecule has 1 saturated heterocycles. The molecule has 9 heteroatoms. The van der Waals surface area contributed by atoms with Gasteiger partial charge in [0.2, 0.25) is 0 Å². The molecule has 2 N–H and O–H groups in total. The Morgan fingerprint density at radius 1 is 1.03 bits per heavy atom. The molecular formula is C23H26N4O4S. The summed E-state index contributed by atoms with van der Waals surface area (Å²) < 4.78 is 24.8. The molecule has 0 amide bonds. The van der Waals surface area contributed by atoms with Gasteiger partial charge in [0.1, 0.15) is 21.3 Å². The molecule has 0 spiro atoms. The molecule has 4 rings (SSSR count). The number of nitrogens with zero attached hydrogens (tertiary/aromatic N) is 3. The van der Waals surface area contributed by atoms with Gasteiger partial charge in [0.25, 0.3) is 5.56 Å². The minimum Gasteiger partial charge on any atom is -0.505 e. The minimum atomic E-state index is -2.99. The standard InChI is InChI=1S/C23H26N4O4S/c1-14-7-8-18(13-15(14)2)27-23(29)21(16(3)26-27)25-24-20-6-4-5-19(22(20)28)17-9-11-32(30,31)12-10-17/h4-8,13,17,26,28H,9-12H2,1-3H3. The average Bonchev–Trinajstić information content (AvgIpc) is 3.03. The number of nitrogens with one attached hydrogen (secondary N) is 1. The maximum Gasteiger partial charge on any atom is 0.299 e. The molecule has 3 aromatic rings. The monoisotopic (exact) mass is 454 g/mol. The number of aryl methyl sites for hydroxylation is 3. The third kappa shape index (κ3) is 4.25. The Morgan fingerprint density at radius 2 is 1.75 bits per heavy atom. The second-order valence-corrected chi connectivity index (χ2v) is 10.6. The van der Waals surface area contributed by atoms with Crippen molar-refractivity contribution in [2.45, 2.75) is 39.5 Å². The molecule has 2 heterocycles. The first-order chi connectivity index (χ1) is 15.2. The Bertz CT molecular complexity index is 1360. The number of azo groups is 1. The molecule has 0 radical (unpaired) electrons. The van der Waals surface area contributed by atoms with E-state index >= 15 is 0 Å². The van der Waals surface area contributed by atoms with E-state index in [4.69, 9.17) is 0 Å². The van der Waals surface area contributed by atoms with Crippen molar-refractivity contribution in [3.63, 3.8) is 0 Å². The summed E-state index contributed by atoms with van der Waals surface area (Å²) in [5, 5.41) is 22.0. The Morgan fingerprint density at radius 3 is 2.44 bits per heavy atom. The molecule has 2 aromatic carbocycles. The van der Waals surface area contributed by atoms with Gasteiger partial charge in [-0.3, -0.25) is 9.89 Å². The fraction of sp³-hybridized carbons (Fsp3) is 0.348. The van der Waals surface area contributed by atoms with E-state index in [1.54, 1.807) is 25.1 Å². The number of hydrogen-bond acceptors (Lipinski definition) is 6.